The number of hydrogen-bond acceptors (Lipinski definition) is 4. The Hall–Kier alpha value is -2.29. The first-order valence-corrected chi connectivity index (χ1v) is 13.1. The highest BCUT2D eigenvalue weighted by molar-refractivity contribution is 7.92. The fraction of sp³-hybridized carbons (Fsp3) is 0.391. The van der Waals surface area contributed by atoms with Crippen molar-refractivity contribution in [3.8, 4) is 0 Å². The summed E-state index contributed by atoms with van der Waals surface area (Å²) >= 11 is 12.3. The van der Waals surface area contributed by atoms with Crippen LogP contribution in [0.2, 0.25) is 10.0 Å². The van der Waals surface area contributed by atoms with Crippen LogP contribution in [0, 0.1) is 6.92 Å². The van der Waals surface area contributed by atoms with Gasteiger partial charge in [-0.2, -0.15) is 0 Å². The molecule has 2 amide bonds. The second kappa shape index (κ2) is 11.7. The van der Waals surface area contributed by atoms with Crippen LogP contribution in [0.3, 0.4) is 0 Å². The Kier molecular flexibility index (Phi) is 9.57. The van der Waals surface area contributed by atoms with Gasteiger partial charge in [-0.1, -0.05) is 48.3 Å². The number of aryl methyl sites for hydroxylation is 1. The van der Waals surface area contributed by atoms with Gasteiger partial charge in [0.15, 0.2) is 0 Å². The minimum Gasteiger partial charge on any atom is -0.354 e. The van der Waals surface area contributed by atoms with Crippen LogP contribution in [0.25, 0.3) is 0 Å². The summed E-state index contributed by atoms with van der Waals surface area (Å²) in [6.45, 7) is 5.38. The van der Waals surface area contributed by atoms with Crippen molar-refractivity contribution in [3.05, 3.63) is 63.6 Å². The van der Waals surface area contributed by atoms with E-state index in [9.17, 15) is 18.0 Å². The van der Waals surface area contributed by atoms with Crippen molar-refractivity contribution in [2.75, 3.05) is 23.7 Å². The van der Waals surface area contributed by atoms with Gasteiger partial charge < -0.3 is 10.2 Å². The van der Waals surface area contributed by atoms with Gasteiger partial charge in [-0.3, -0.25) is 13.9 Å². The zero-order valence-electron chi connectivity index (χ0n) is 19.1. The predicted molar refractivity (Wildman–Crippen MR) is 133 cm³/mol. The molecule has 0 saturated carbocycles. The van der Waals surface area contributed by atoms with Crippen molar-refractivity contribution in [2.45, 2.75) is 39.8 Å². The van der Waals surface area contributed by atoms with Crippen molar-refractivity contribution in [1.29, 1.82) is 0 Å². The van der Waals surface area contributed by atoms with E-state index in [0.717, 1.165) is 22.5 Å². The first kappa shape index (κ1) is 27.0. The van der Waals surface area contributed by atoms with Crippen molar-refractivity contribution >= 4 is 50.7 Å². The third-order valence-corrected chi connectivity index (χ3v) is 6.77. The van der Waals surface area contributed by atoms with E-state index >= 15 is 0 Å². The number of sulfonamides is 1. The number of rotatable bonds is 10. The maximum atomic E-state index is 13.4. The van der Waals surface area contributed by atoms with Gasteiger partial charge in [0.25, 0.3) is 0 Å². The Morgan fingerprint density at radius 1 is 1.12 bits per heavy atom. The molecule has 0 spiro atoms. The standard InChI is InChI=1S/C23H29Cl2N3O4S/c1-5-11-26-23(30)17(3)27(14-18-9-10-19(24)13-21(18)25)22(29)15-28(33(4,31)32)20-8-6-7-16(2)12-20/h6-10,12-13,17H,5,11,14-15H2,1-4H3,(H,26,30)/t17-/m0/s1. The summed E-state index contributed by atoms with van der Waals surface area (Å²) in [5.74, 6) is -0.871. The Morgan fingerprint density at radius 3 is 2.39 bits per heavy atom. The highest BCUT2D eigenvalue weighted by Gasteiger charge is 2.30. The van der Waals surface area contributed by atoms with E-state index in [1.807, 2.05) is 19.9 Å². The molecule has 0 aromatic heterocycles. The largest absolute Gasteiger partial charge is 0.354 e. The molecule has 2 aromatic rings. The van der Waals surface area contributed by atoms with Crippen LogP contribution in [0.15, 0.2) is 42.5 Å². The minimum atomic E-state index is -3.77. The molecular weight excluding hydrogens is 485 g/mol. The second-order valence-corrected chi connectivity index (χ2v) is 10.6. The van der Waals surface area contributed by atoms with Gasteiger partial charge in [0.2, 0.25) is 21.8 Å². The molecule has 0 unspecified atom stereocenters. The van der Waals surface area contributed by atoms with Gasteiger partial charge in [0, 0.05) is 23.1 Å². The van der Waals surface area contributed by atoms with E-state index in [0.29, 0.717) is 27.8 Å². The van der Waals surface area contributed by atoms with Crippen molar-refractivity contribution in [1.82, 2.24) is 10.2 Å². The topological polar surface area (TPSA) is 86.8 Å². The van der Waals surface area contributed by atoms with Crippen LogP contribution in [-0.4, -0.2) is 50.5 Å². The van der Waals surface area contributed by atoms with Gasteiger partial charge >= 0.3 is 0 Å². The number of carbonyl (C=O) groups excluding carboxylic acids is 2. The SMILES string of the molecule is CCCNC(=O)[C@H](C)N(Cc1ccc(Cl)cc1Cl)C(=O)CN(c1cccc(C)c1)S(C)(=O)=O. The molecule has 0 aliphatic rings. The molecule has 0 aliphatic heterocycles. The van der Waals surface area contributed by atoms with Crippen LogP contribution >= 0.6 is 23.2 Å². The normalized spacial score (nSPS) is 12.2. The van der Waals surface area contributed by atoms with Crippen molar-refractivity contribution in [2.24, 2.45) is 0 Å². The lowest BCUT2D eigenvalue weighted by atomic mass is 10.1. The third-order valence-electron chi connectivity index (χ3n) is 5.04. The number of amides is 2. The molecule has 0 heterocycles. The monoisotopic (exact) mass is 513 g/mol. The lowest BCUT2D eigenvalue weighted by Gasteiger charge is -2.31. The number of carbonyl (C=O) groups is 2. The van der Waals surface area contributed by atoms with Crippen molar-refractivity contribution < 1.29 is 18.0 Å². The predicted octanol–water partition coefficient (Wildman–Crippen LogP) is 4.01. The number of nitrogens with one attached hydrogen (secondary N) is 1. The quantitative estimate of drug-likeness (QED) is 0.519. The Labute approximate surface area is 205 Å². The summed E-state index contributed by atoms with van der Waals surface area (Å²) in [4.78, 5) is 27.4. The summed E-state index contributed by atoms with van der Waals surface area (Å²) < 4.78 is 26.1. The molecule has 2 rings (SSSR count). The molecule has 0 radical (unpaired) electrons. The number of benzene rings is 2. The average molecular weight is 514 g/mol. The minimum absolute atomic E-state index is 0.0148. The molecule has 7 nitrogen and oxygen atoms in total. The van der Waals surface area contributed by atoms with Crippen molar-refractivity contribution in [3.63, 3.8) is 0 Å². The van der Waals surface area contributed by atoms with Crippen LogP contribution < -0.4 is 9.62 Å². The summed E-state index contributed by atoms with van der Waals surface area (Å²) in [7, 11) is -3.77. The maximum absolute atomic E-state index is 13.4. The van der Waals surface area contributed by atoms with Gasteiger partial charge in [-0.25, -0.2) is 8.42 Å². The molecule has 180 valence electrons. The zero-order valence-corrected chi connectivity index (χ0v) is 21.5. The highest BCUT2D eigenvalue weighted by Crippen LogP contribution is 2.24. The van der Waals surface area contributed by atoms with Crippen LogP contribution in [0.1, 0.15) is 31.4 Å². The fourth-order valence-corrected chi connectivity index (χ4v) is 4.52. The van der Waals surface area contributed by atoms with Gasteiger partial charge in [0.1, 0.15) is 12.6 Å². The zero-order chi connectivity index (χ0) is 24.8. The number of anilines is 1. The molecule has 0 saturated heterocycles. The van der Waals surface area contributed by atoms with E-state index in [4.69, 9.17) is 23.2 Å². The van der Waals surface area contributed by atoms with E-state index < -0.39 is 28.5 Å². The number of hydrogen-bond donors (Lipinski definition) is 1. The van der Waals surface area contributed by atoms with E-state index in [1.54, 1.807) is 43.3 Å². The van der Waals surface area contributed by atoms with Crippen LogP contribution in [-0.2, 0) is 26.2 Å². The van der Waals surface area contributed by atoms with E-state index in [1.165, 1.54) is 4.90 Å². The molecule has 0 fully saturated rings. The molecule has 2 aromatic carbocycles. The molecule has 0 bridgehead atoms. The summed E-state index contributed by atoms with van der Waals surface area (Å²) in [6, 6.07) is 10.9. The van der Waals surface area contributed by atoms with Crippen LogP contribution in [0.4, 0.5) is 5.69 Å². The molecule has 33 heavy (non-hydrogen) atoms. The maximum Gasteiger partial charge on any atom is 0.244 e. The molecule has 10 heteroatoms. The number of nitrogens with zero attached hydrogens (tertiary/aromatic N) is 2. The highest BCUT2D eigenvalue weighted by atomic mass is 35.5. The molecule has 1 N–H and O–H groups in total. The average Bonchev–Trinajstić information content (AvgIpc) is 2.73. The summed E-state index contributed by atoms with van der Waals surface area (Å²) in [6.07, 6.45) is 1.78. The lowest BCUT2D eigenvalue weighted by Crippen LogP contribution is -2.51. The van der Waals surface area contributed by atoms with Gasteiger partial charge in [0.05, 0.1) is 11.9 Å². The summed E-state index contributed by atoms with van der Waals surface area (Å²) in [5, 5.41) is 3.57. The Morgan fingerprint density at radius 2 is 1.82 bits per heavy atom. The second-order valence-electron chi connectivity index (χ2n) is 7.83. The molecular formula is C23H29Cl2N3O4S. The lowest BCUT2D eigenvalue weighted by molar-refractivity contribution is -0.139. The van der Waals surface area contributed by atoms with Crippen LogP contribution in [0.5, 0.6) is 0 Å². The van der Waals surface area contributed by atoms with E-state index in [2.05, 4.69) is 5.32 Å². The first-order valence-electron chi connectivity index (χ1n) is 10.5. The number of halogens is 2. The first-order chi connectivity index (χ1) is 15.4. The van der Waals surface area contributed by atoms with E-state index in [-0.39, 0.29) is 12.5 Å². The van der Waals surface area contributed by atoms with Gasteiger partial charge in [-0.05, 0) is 55.7 Å². The third kappa shape index (κ3) is 7.62. The Balaban J connectivity index is 2.40. The smallest absolute Gasteiger partial charge is 0.244 e. The molecule has 1 atom stereocenters. The molecule has 0 aliphatic carbocycles. The summed E-state index contributed by atoms with van der Waals surface area (Å²) in [5.41, 5.74) is 1.81. The van der Waals surface area contributed by atoms with Gasteiger partial charge in [-0.15, -0.1) is 0 Å². The Bertz CT molecular complexity index is 1110. The fourth-order valence-electron chi connectivity index (χ4n) is 3.21.